The normalized spacial score (nSPS) is 39.2. The maximum atomic E-state index is 11.8. The van der Waals surface area contributed by atoms with Crippen molar-refractivity contribution in [2.45, 2.75) is 59.0 Å². The molecule has 0 saturated heterocycles. The number of aliphatic hydroxyl groups excluding tert-OH is 1. The number of aliphatic carboxylic acids is 1. The quantitative estimate of drug-likeness (QED) is 0.873. The number of aryl methyl sites for hydroxylation is 1. The molecule has 0 bridgehead atoms. The fourth-order valence-electron chi connectivity index (χ4n) is 5.22. The highest BCUT2D eigenvalue weighted by atomic mass is 16.4. The second-order valence-corrected chi connectivity index (χ2v) is 8.24. The second kappa shape index (κ2) is 6.07. The highest BCUT2D eigenvalue weighted by Crippen LogP contribution is 2.61. The van der Waals surface area contributed by atoms with Crippen LogP contribution in [-0.4, -0.2) is 22.3 Å². The maximum Gasteiger partial charge on any atom is 0.331 e. The molecule has 4 heteroatoms. The number of carboxylic acids is 1. The lowest BCUT2D eigenvalue weighted by Crippen LogP contribution is -2.53. The molecule has 2 N–H and O–H groups in total. The maximum absolute atomic E-state index is 11.8. The average molecular weight is 332 g/mol. The number of fused-ring (bicyclic) bond motifs is 1. The van der Waals surface area contributed by atoms with Crippen LogP contribution in [0.25, 0.3) is 0 Å². The Morgan fingerprint density at radius 1 is 1.42 bits per heavy atom. The Bertz CT molecular complexity index is 632. The molecule has 1 aromatic rings. The van der Waals surface area contributed by atoms with Crippen molar-refractivity contribution in [3.63, 3.8) is 0 Å². The number of carboxylic acid groups (broad SMARTS) is 1. The molecule has 1 aromatic heterocycles. The van der Waals surface area contributed by atoms with Crippen LogP contribution in [0, 0.1) is 22.7 Å². The van der Waals surface area contributed by atoms with E-state index < -0.39 is 12.1 Å². The number of hydrogen-bond donors (Lipinski definition) is 2. The molecule has 0 amide bonds. The van der Waals surface area contributed by atoms with E-state index in [1.165, 1.54) is 5.56 Å². The Kier molecular flexibility index (Phi) is 4.37. The summed E-state index contributed by atoms with van der Waals surface area (Å²) in [5.74, 6) is -0.206. The Morgan fingerprint density at radius 2 is 2.17 bits per heavy atom. The summed E-state index contributed by atoms with van der Waals surface area (Å²) in [6, 6.07) is 1.99. The van der Waals surface area contributed by atoms with Gasteiger partial charge in [0.1, 0.15) is 0 Å². The molecule has 2 aliphatic carbocycles. The van der Waals surface area contributed by atoms with E-state index in [0.717, 1.165) is 25.7 Å². The summed E-state index contributed by atoms with van der Waals surface area (Å²) in [6.07, 6.45) is 8.86. The first-order valence-corrected chi connectivity index (χ1v) is 8.92. The molecule has 0 aliphatic heterocycles. The molecule has 5 unspecified atom stereocenters. The van der Waals surface area contributed by atoms with Gasteiger partial charge in [-0.2, -0.15) is 0 Å². The largest absolute Gasteiger partial charge is 0.478 e. The van der Waals surface area contributed by atoms with Gasteiger partial charge in [-0.25, -0.2) is 4.79 Å². The summed E-state index contributed by atoms with van der Waals surface area (Å²) in [5.41, 5.74) is 1.23. The third-order valence-corrected chi connectivity index (χ3v) is 7.00. The molecule has 1 saturated carbocycles. The summed E-state index contributed by atoms with van der Waals surface area (Å²) in [4.78, 5) is 11.8. The number of hydrogen-bond acceptors (Lipinski definition) is 3. The topological polar surface area (TPSA) is 70.7 Å². The van der Waals surface area contributed by atoms with Crippen LogP contribution in [0.15, 0.2) is 34.7 Å². The molecule has 5 atom stereocenters. The molecule has 0 spiro atoms. The first-order valence-electron chi connectivity index (χ1n) is 8.92. The molecule has 0 aromatic carbocycles. The fraction of sp³-hybridized carbons (Fsp3) is 0.650. The van der Waals surface area contributed by atoms with Crippen molar-refractivity contribution in [3.05, 3.63) is 35.8 Å². The zero-order chi connectivity index (χ0) is 17.5. The third-order valence-electron chi connectivity index (χ3n) is 7.00. The van der Waals surface area contributed by atoms with E-state index in [1.54, 1.807) is 18.6 Å². The van der Waals surface area contributed by atoms with Gasteiger partial charge in [0.25, 0.3) is 0 Å². The lowest BCUT2D eigenvalue weighted by Gasteiger charge is -2.58. The minimum atomic E-state index is -0.881. The van der Waals surface area contributed by atoms with Crippen molar-refractivity contribution in [2.75, 3.05) is 0 Å². The predicted molar refractivity (Wildman–Crippen MR) is 91.5 cm³/mol. The van der Waals surface area contributed by atoms with Crippen molar-refractivity contribution in [3.8, 4) is 0 Å². The highest BCUT2D eigenvalue weighted by Gasteiger charge is 2.56. The molecule has 132 valence electrons. The van der Waals surface area contributed by atoms with Gasteiger partial charge >= 0.3 is 5.97 Å². The van der Waals surface area contributed by atoms with Crippen LogP contribution in [0.1, 0.15) is 52.0 Å². The van der Waals surface area contributed by atoms with Gasteiger partial charge in [0.15, 0.2) is 0 Å². The molecule has 4 nitrogen and oxygen atoms in total. The van der Waals surface area contributed by atoms with Crippen LogP contribution in [0.3, 0.4) is 0 Å². The van der Waals surface area contributed by atoms with Crippen LogP contribution < -0.4 is 0 Å². The smallest absolute Gasteiger partial charge is 0.331 e. The van der Waals surface area contributed by atoms with Crippen LogP contribution in [0.4, 0.5) is 0 Å². The van der Waals surface area contributed by atoms with Gasteiger partial charge in [0, 0.05) is 11.0 Å². The van der Waals surface area contributed by atoms with Gasteiger partial charge in [0.2, 0.25) is 0 Å². The summed E-state index contributed by atoms with van der Waals surface area (Å²) >= 11 is 0. The van der Waals surface area contributed by atoms with E-state index in [0.29, 0.717) is 17.9 Å². The third kappa shape index (κ3) is 2.71. The lowest BCUT2D eigenvalue weighted by molar-refractivity contribution is -0.138. The van der Waals surface area contributed by atoms with Crippen molar-refractivity contribution in [2.24, 2.45) is 22.7 Å². The Morgan fingerprint density at radius 3 is 2.79 bits per heavy atom. The summed E-state index contributed by atoms with van der Waals surface area (Å²) in [6.45, 7) is 6.66. The van der Waals surface area contributed by atoms with Crippen molar-refractivity contribution >= 4 is 5.97 Å². The van der Waals surface area contributed by atoms with Crippen LogP contribution in [0.2, 0.25) is 0 Å². The molecule has 1 heterocycles. The molecule has 24 heavy (non-hydrogen) atoms. The predicted octanol–water partition coefficient (Wildman–Crippen LogP) is 4.05. The zero-order valence-corrected chi connectivity index (χ0v) is 14.8. The number of carbonyl (C=O) groups is 1. The highest BCUT2D eigenvalue weighted by molar-refractivity contribution is 5.88. The first kappa shape index (κ1) is 17.3. The van der Waals surface area contributed by atoms with Crippen molar-refractivity contribution < 1.29 is 19.4 Å². The molecular formula is C20H28O4. The first-order chi connectivity index (χ1) is 11.3. The monoisotopic (exact) mass is 332 g/mol. The van der Waals surface area contributed by atoms with E-state index in [9.17, 15) is 15.0 Å². The summed E-state index contributed by atoms with van der Waals surface area (Å²) < 4.78 is 5.18. The van der Waals surface area contributed by atoms with E-state index in [4.69, 9.17) is 4.42 Å². The molecular weight excluding hydrogens is 304 g/mol. The summed E-state index contributed by atoms with van der Waals surface area (Å²) in [5, 5.41) is 20.0. The van der Waals surface area contributed by atoms with Crippen LogP contribution >= 0.6 is 0 Å². The van der Waals surface area contributed by atoms with E-state index in [1.807, 2.05) is 6.07 Å². The van der Waals surface area contributed by atoms with Gasteiger partial charge < -0.3 is 14.6 Å². The fourth-order valence-corrected chi connectivity index (χ4v) is 5.22. The van der Waals surface area contributed by atoms with E-state index in [2.05, 4.69) is 20.8 Å². The number of aliphatic hydroxyl groups is 1. The minimum absolute atomic E-state index is 0.000208. The number of furan rings is 1. The van der Waals surface area contributed by atoms with Crippen molar-refractivity contribution in [1.29, 1.82) is 0 Å². The van der Waals surface area contributed by atoms with Crippen LogP contribution in [-0.2, 0) is 11.2 Å². The molecule has 2 aliphatic rings. The number of rotatable bonds is 4. The SMILES string of the molecule is CC1CCC2(C)C(C(=O)O)=CC(O)CC2C1(C)CCc1ccoc1. The van der Waals surface area contributed by atoms with Gasteiger partial charge in [0.05, 0.1) is 18.6 Å². The van der Waals surface area contributed by atoms with Gasteiger partial charge in [-0.1, -0.05) is 20.8 Å². The van der Waals surface area contributed by atoms with E-state index in [-0.39, 0.29) is 16.7 Å². The van der Waals surface area contributed by atoms with Gasteiger partial charge in [-0.05, 0) is 67.1 Å². The van der Waals surface area contributed by atoms with Crippen molar-refractivity contribution in [1.82, 2.24) is 0 Å². The van der Waals surface area contributed by atoms with E-state index >= 15 is 0 Å². The van der Waals surface area contributed by atoms with Gasteiger partial charge in [-0.3, -0.25) is 0 Å². The molecule has 0 radical (unpaired) electrons. The minimum Gasteiger partial charge on any atom is -0.478 e. The summed E-state index contributed by atoms with van der Waals surface area (Å²) in [7, 11) is 0. The van der Waals surface area contributed by atoms with Crippen LogP contribution in [0.5, 0.6) is 0 Å². The molecule has 1 fully saturated rings. The zero-order valence-electron chi connectivity index (χ0n) is 14.8. The second-order valence-electron chi connectivity index (χ2n) is 8.24. The standard InChI is InChI=1S/C20H28O4/c1-13-4-7-20(3)16(18(22)23)10-15(21)11-17(20)19(13,2)8-5-14-6-9-24-12-14/h6,9-10,12-13,15,17,21H,4-5,7-8,11H2,1-3H3,(H,22,23). The Balaban J connectivity index is 1.93. The Hall–Kier alpha value is -1.55. The molecule has 3 rings (SSSR count). The average Bonchev–Trinajstić information content (AvgIpc) is 3.04. The van der Waals surface area contributed by atoms with Gasteiger partial charge in [-0.15, -0.1) is 0 Å². The Labute approximate surface area is 143 Å². The lowest BCUT2D eigenvalue weighted by atomic mass is 9.46.